The van der Waals surface area contributed by atoms with E-state index in [0.717, 1.165) is 22.9 Å². The number of carbonyl (C=O) groups excluding carboxylic acids is 4. The molecule has 13 heteroatoms. The zero-order valence-electron chi connectivity index (χ0n) is 20.8. The van der Waals surface area contributed by atoms with Gasteiger partial charge in [0.1, 0.15) is 18.7 Å². The number of carboxylic acid groups (broad SMARTS) is 1. The van der Waals surface area contributed by atoms with Crippen LogP contribution in [-0.4, -0.2) is 59.4 Å². The van der Waals surface area contributed by atoms with Gasteiger partial charge in [-0.3, -0.25) is 19.3 Å². The molecule has 6 N–H and O–H groups in total. The lowest BCUT2D eigenvalue weighted by atomic mass is 10.0. The number of hydrazone groups is 1. The van der Waals surface area contributed by atoms with E-state index >= 15 is 0 Å². The second kappa shape index (κ2) is 12.1. The average molecular weight is 537 g/mol. The Labute approximate surface area is 223 Å². The van der Waals surface area contributed by atoms with E-state index < -0.39 is 54.5 Å². The molecular weight excluding hydrogens is 508 g/mol. The SMILES string of the molecule is NC(=O)N/N=C/C(CC(=O)O)NC(=O)[C@@H]1Cc2cccc3c2N1C(=O)[C@@H](NC(=O)OCc1ccccc1)CC3. The van der Waals surface area contributed by atoms with Crippen molar-refractivity contribution in [3.8, 4) is 0 Å². The van der Waals surface area contributed by atoms with E-state index in [1.807, 2.05) is 54.0 Å². The van der Waals surface area contributed by atoms with Crippen LogP contribution in [-0.2, 0) is 38.6 Å². The molecule has 204 valence electrons. The number of carboxylic acids is 1. The summed E-state index contributed by atoms with van der Waals surface area (Å²) in [5.74, 6) is -2.31. The van der Waals surface area contributed by atoms with Crippen LogP contribution in [0.2, 0.25) is 0 Å². The molecule has 0 fully saturated rings. The maximum atomic E-state index is 13.7. The van der Waals surface area contributed by atoms with Crippen molar-refractivity contribution in [2.75, 3.05) is 4.90 Å². The van der Waals surface area contributed by atoms with Crippen molar-refractivity contribution < 1.29 is 33.8 Å². The highest BCUT2D eigenvalue weighted by Gasteiger charge is 2.44. The van der Waals surface area contributed by atoms with E-state index in [1.165, 1.54) is 4.90 Å². The molecule has 2 aromatic carbocycles. The number of rotatable bonds is 9. The first-order valence-corrected chi connectivity index (χ1v) is 12.2. The van der Waals surface area contributed by atoms with Crippen molar-refractivity contribution >= 4 is 41.8 Å². The molecule has 2 aromatic rings. The Kier molecular flexibility index (Phi) is 8.39. The fraction of sp³-hybridized carbons (Fsp3) is 0.308. The summed E-state index contributed by atoms with van der Waals surface area (Å²) < 4.78 is 5.29. The van der Waals surface area contributed by atoms with E-state index in [-0.39, 0.29) is 13.0 Å². The van der Waals surface area contributed by atoms with E-state index in [0.29, 0.717) is 18.5 Å². The largest absolute Gasteiger partial charge is 0.481 e. The Bertz CT molecular complexity index is 1300. The molecule has 0 spiro atoms. The smallest absolute Gasteiger partial charge is 0.408 e. The van der Waals surface area contributed by atoms with Gasteiger partial charge in [-0.2, -0.15) is 5.10 Å². The maximum Gasteiger partial charge on any atom is 0.408 e. The lowest BCUT2D eigenvalue weighted by Gasteiger charge is -2.28. The van der Waals surface area contributed by atoms with Crippen LogP contribution in [0.1, 0.15) is 29.5 Å². The van der Waals surface area contributed by atoms with Gasteiger partial charge >= 0.3 is 18.1 Å². The van der Waals surface area contributed by atoms with E-state index in [4.69, 9.17) is 10.5 Å². The Balaban J connectivity index is 1.51. The summed E-state index contributed by atoms with van der Waals surface area (Å²) >= 11 is 0. The average Bonchev–Trinajstić information content (AvgIpc) is 3.23. The molecule has 0 aliphatic carbocycles. The minimum Gasteiger partial charge on any atom is -0.481 e. The molecule has 3 atom stereocenters. The van der Waals surface area contributed by atoms with Crippen LogP contribution in [0.25, 0.3) is 0 Å². The van der Waals surface area contributed by atoms with Gasteiger partial charge in [-0.15, -0.1) is 0 Å². The number of nitrogens with zero attached hydrogens (tertiary/aromatic N) is 2. The van der Waals surface area contributed by atoms with Crippen LogP contribution in [0.5, 0.6) is 0 Å². The van der Waals surface area contributed by atoms with E-state index in [9.17, 15) is 29.1 Å². The summed E-state index contributed by atoms with van der Waals surface area (Å²) in [7, 11) is 0. The lowest BCUT2D eigenvalue weighted by Crippen LogP contribution is -2.56. The number of hydrogen-bond acceptors (Lipinski definition) is 7. The normalized spacial score (nSPS) is 18.6. The number of nitrogens with one attached hydrogen (secondary N) is 3. The predicted molar refractivity (Wildman–Crippen MR) is 139 cm³/mol. The number of aryl methyl sites for hydroxylation is 1. The first kappa shape index (κ1) is 27.1. The summed E-state index contributed by atoms with van der Waals surface area (Å²) in [4.78, 5) is 63.2. The molecular formula is C26H28N6O7. The lowest BCUT2D eigenvalue weighted by molar-refractivity contribution is -0.137. The highest BCUT2D eigenvalue weighted by atomic mass is 16.5. The molecule has 2 aliphatic heterocycles. The molecule has 39 heavy (non-hydrogen) atoms. The Morgan fingerprint density at radius 1 is 1.13 bits per heavy atom. The van der Waals surface area contributed by atoms with Gasteiger partial charge in [-0.05, 0) is 29.5 Å². The predicted octanol–water partition coefficient (Wildman–Crippen LogP) is 0.799. The third kappa shape index (κ3) is 6.69. The molecule has 2 heterocycles. The number of amides is 5. The monoisotopic (exact) mass is 536 g/mol. The number of anilines is 1. The van der Waals surface area contributed by atoms with Crippen molar-refractivity contribution in [2.45, 2.75) is 50.4 Å². The molecule has 4 rings (SSSR count). The molecule has 13 nitrogen and oxygen atoms in total. The van der Waals surface area contributed by atoms with Crippen LogP contribution in [0.3, 0.4) is 0 Å². The fourth-order valence-corrected chi connectivity index (χ4v) is 4.68. The molecule has 0 aromatic heterocycles. The summed E-state index contributed by atoms with van der Waals surface area (Å²) in [5.41, 5.74) is 9.96. The number of hydrogen-bond donors (Lipinski definition) is 5. The van der Waals surface area contributed by atoms with Gasteiger partial charge in [0, 0.05) is 12.6 Å². The number of alkyl carbamates (subject to hydrolysis) is 1. The maximum absolute atomic E-state index is 13.7. The summed E-state index contributed by atoms with van der Waals surface area (Å²) in [5, 5.41) is 18.0. The highest BCUT2D eigenvalue weighted by molar-refractivity contribution is 6.08. The first-order chi connectivity index (χ1) is 18.7. The van der Waals surface area contributed by atoms with Crippen molar-refractivity contribution in [3.05, 3.63) is 65.2 Å². The zero-order chi connectivity index (χ0) is 27.9. The van der Waals surface area contributed by atoms with Crippen molar-refractivity contribution in [3.63, 3.8) is 0 Å². The van der Waals surface area contributed by atoms with Gasteiger partial charge in [-0.1, -0.05) is 48.5 Å². The van der Waals surface area contributed by atoms with Crippen molar-refractivity contribution in [1.82, 2.24) is 16.1 Å². The number of nitrogens with two attached hydrogens (primary N) is 1. The minimum atomic E-state index is -1.22. The molecule has 0 saturated heterocycles. The standard InChI is InChI=1S/C26H28N6O7/c27-25(37)31-28-13-18(12-21(33)34)29-23(35)20-11-17-8-4-7-16-9-10-19(24(36)32(20)22(16)17)30-26(38)39-14-15-5-2-1-3-6-15/h1-8,13,18-20H,9-12,14H2,(H,29,35)(H,30,38)(H,33,34)(H3,27,31,37)/b28-13+/t18?,19-,20-/m0/s1. The van der Waals surface area contributed by atoms with Crippen LogP contribution in [0.15, 0.2) is 53.6 Å². The van der Waals surface area contributed by atoms with Gasteiger partial charge in [0.15, 0.2) is 0 Å². The molecule has 0 saturated carbocycles. The Morgan fingerprint density at radius 2 is 1.87 bits per heavy atom. The van der Waals surface area contributed by atoms with Gasteiger partial charge < -0.3 is 26.2 Å². The number of carbonyl (C=O) groups is 5. The number of benzene rings is 2. The Morgan fingerprint density at radius 3 is 2.59 bits per heavy atom. The Hall–Kier alpha value is -4.94. The summed E-state index contributed by atoms with van der Waals surface area (Å²) in [6.07, 6.45) is 0.739. The number of para-hydroxylation sites is 1. The fourth-order valence-electron chi connectivity index (χ4n) is 4.68. The number of urea groups is 1. The topological polar surface area (TPSA) is 193 Å². The highest BCUT2D eigenvalue weighted by Crippen LogP contribution is 2.39. The van der Waals surface area contributed by atoms with Crippen LogP contribution in [0.4, 0.5) is 15.3 Å². The minimum absolute atomic E-state index is 0.0316. The van der Waals surface area contributed by atoms with Crippen molar-refractivity contribution in [1.29, 1.82) is 0 Å². The zero-order valence-corrected chi connectivity index (χ0v) is 20.8. The van der Waals surface area contributed by atoms with Crippen molar-refractivity contribution in [2.24, 2.45) is 10.8 Å². The van der Waals surface area contributed by atoms with Gasteiger partial charge in [-0.25, -0.2) is 15.0 Å². The third-order valence-electron chi connectivity index (χ3n) is 6.37. The number of aliphatic carboxylic acids is 1. The van der Waals surface area contributed by atoms with E-state index in [1.54, 1.807) is 0 Å². The van der Waals surface area contributed by atoms with Gasteiger partial charge in [0.25, 0.3) is 0 Å². The second-order valence-electron chi connectivity index (χ2n) is 9.12. The first-order valence-electron chi connectivity index (χ1n) is 12.2. The van der Waals surface area contributed by atoms with Crippen LogP contribution < -0.4 is 26.7 Å². The van der Waals surface area contributed by atoms with Gasteiger partial charge in [0.2, 0.25) is 11.8 Å². The second-order valence-corrected chi connectivity index (χ2v) is 9.12. The van der Waals surface area contributed by atoms with Gasteiger partial charge in [0.05, 0.1) is 18.2 Å². The summed E-state index contributed by atoms with van der Waals surface area (Å²) in [6, 6.07) is 10.6. The third-order valence-corrected chi connectivity index (χ3v) is 6.37. The quantitative estimate of drug-likeness (QED) is 0.231. The van der Waals surface area contributed by atoms with E-state index in [2.05, 4.69) is 15.7 Å². The number of ether oxygens (including phenoxy) is 1. The molecule has 0 bridgehead atoms. The molecule has 1 unspecified atom stereocenters. The number of primary amides is 1. The van der Waals surface area contributed by atoms with Crippen LogP contribution in [0, 0.1) is 0 Å². The molecule has 0 radical (unpaired) electrons. The molecule has 5 amide bonds. The molecule has 2 aliphatic rings. The summed E-state index contributed by atoms with van der Waals surface area (Å²) in [6.45, 7) is 0.0316. The van der Waals surface area contributed by atoms with Crippen LogP contribution >= 0.6 is 0 Å².